The maximum absolute atomic E-state index is 5.78. The van der Waals surface area contributed by atoms with Crippen LogP contribution in [-0.4, -0.2) is 27.6 Å². The van der Waals surface area contributed by atoms with E-state index in [2.05, 4.69) is 51.5 Å². The number of aliphatic imine (C=N–C) groups is 1. The van der Waals surface area contributed by atoms with Gasteiger partial charge in [0.05, 0.1) is 12.7 Å². The van der Waals surface area contributed by atoms with Crippen molar-refractivity contribution >= 4 is 29.9 Å². The average molecular weight is 490 g/mol. The van der Waals surface area contributed by atoms with Crippen LogP contribution >= 0.6 is 24.0 Å². The summed E-state index contributed by atoms with van der Waals surface area (Å²) in [5, 5.41) is 10.4. The summed E-state index contributed by atoms with van der Waals surface area (Å²) in [7, 11) is 0. The summed E-state index contributed by atoms with van der Waals surface area (Å²) < 4.78 is 11.1. The van der Waals surface area contributed by atoms with E-state index in [0.717, 1.165) is 12.3 Å². The minimum absolute atomic E-state index is 0. The molecule has 0 bridgehead atoms. The van der Waals surface area contributed by atoms with E-state index in [0.29, 0.717) is 36.7 Å². The number of nitrogens with one attached hydrogen (secondary N) is 2. The van der Waals surface area contributed by atoms with Crippen LogP contribution in [0.2, 0.25) is 0 Å². The first-order chi connectivity index (χ1) is 12.1. The van der Waals surface area contributed by atoms with Crippen molar-refractivity contribution in [3.63, 3.8) is 0 Å². The van der Waals surface area contributed by atoms with E-state index in [1.165, 1.54) is 0 Å². The van der Waals surface area contributed by atoms with Gasteiger partial charge in [-0.2, -0.15) is 4.98 Å². The van der Waals surface area contributed by atoms with E-state index in [9.17, 15) is 0 Å². The Balaban J connectivity index is 0.00000364. The Hall–Kier alpha value is -1.65. The fourth-order valence-corrected chi connectivity index (χ4v) is 2.01. The standard InChI is InChI=1S/C18H30N6O2.HI/c1-8-19-16(21-10-13-23-15(26-24-13)18(5,6)7)22-11-14-20-9-12(25-14)17(2,3)4;/h9H,8,10-11H2,1-7H3,(H2,19,21,22);1H. The molecule has 8 nitrogen and oxygen atoms in total. The average Bonchev–Trinajstić information content (AvgIpc) is 3.18. The molecule has 0 radical (unpaired) electrons. The molecule has 0 amide bonds. The highest BCUT2D eigenvalue weighted by molar-refractivity contribution is 14.0. The maximum Gasteiger partial charge on any atom is 0.232 e. The number of halogens is 1. The van der Waals surface area contributed by atoms with Crippen LogP contribution in [0.3, 0.4) is 0 Å². The Morgan fingerprint density at radius 1 is 1.11 bits per heavy atom. The van der Waals surface area contributed by atoms with Gasteiger partial charge in [0.25, 0.3) is 0 Å². The SMILES string of the molecule is CCNC(=NCc1noc(C(C)(C)C)n1)NCc1ncc(C(C)(C)C)o1.I. The molecule has 0 unspecified atom stereocenters. The molecule has 9 heteroatoms. The molecule has 2 aromatic heterocycles. The molecule has 2 heterocycles. The van der Waals surface area contributed by atoms with Gasteiger partial charge >= 0.3 is 0 Å². The van der Waals surface area contributed by atoms with Gasteiger partial charge in [-0.05, 0) is 6.92 Å². The third-order valence-electron chi connectivity index (χ3n) is 3.53. The van der Waals surface area contributed by atoms with Crippen LogP contribution < -0.4 is 10.6 Å². The van der Waals surface area contributed by atoms with Crippen LogP contribution in [0.4, 0.5) is 0 Å². The number of rotatable bonds is 5. The number of hydrogen-bond acceptors (Lipinski definition) is 6. The summed E-state index contributed by atoms with van der Waals surface area (Å²) in [4.78, 5) is 13.2. The first-order valence-corrected chi connectivity index (χ1v) is 8.90. The van der Waals surface area contributed by atoms with Gasteiger partial charge in [-0.1, -0.05) is 46.7 Å². The molecule has 0 aliphatic rings. The lowest BCUT2D eigenvalue weighted by Gasteiger charge is -2.13. The molecular formula is C18H31IN6O2. The number of guanidine groups is 1. The van der Waals surface area contributed by atoms with Crippen LogP contribution in [0, 0.1) is 0 Å². The highest BCUT2D eigenvalue weighted by Gasteiger charge is 2.22. The van der Waals surface area contributed by atoms with Crippen molar-refractivity contribution in [2.24, 2.45) is 4.99 Å². The molecule has 0 atom stereocenters. The predicted octanol–water partition coefficient (Wildman–Crippen LogP) is 3.53. The Labute approximate surface area is 178 Å². The lowest BCUT2D eigenvalue weighted by molar-refractivity contribution is 0.318. The number of oxazole rings is 1. The van der Waals surface area contributed by atoms with Gasteiger partial charge in [-0.15, -0.1) is 24.0 Å². The maximum atomic E-state index is 5.78. The van der Waals surface area contributed by atoms with Crippen molar-refractivity contribution < 1.29 is 8.94 Å². The number of nitrogens with zero attached hydrogens (tertiary/aromatic N) is 4. The van der Waals surface area contributed by atoms with Gasteiger partial charge < -0.3 is 19.6 Å². The van der Waals surface area contributed by atoms with Crippen molar-refractivity contribution in [3.8, 4) is 0 Å². The first kappa shape index (κ1) is 23.4. The van der Waals surface area contributed by atoms with Crippen molar-refractivity contribution in [1.82, 2.24) is 25.8 Å². The van der Waals surface area contributed by atoms with E-state index in [1.807, 2.05) is 27.7 Å². The summed E-state index contributed by atoms with van der Waals surface area (Å²) in [5.74, 6) is 3.28. The van der Waals surface area contributed by atoms with Crippen LogP contribution in [0.1, 0.15) is 71.8 Å². The molecule has 2 N–H and O–H groups in total. The minimum atomic E-state index is -0.173. The molecule has 0 saturated carbocycles. The molecule has 152 valence electrons. The van der Waals surface area contributed by atoms with Gasteiger partial charge in [0.1, 0.15) is 12.3 Å². The second kappa shape index (κ2) is 9.52. The number of aromatic nitrogens is 3. The van der Waals surface area contributed by atoms with E-state index in [4.69, 9.17) is 8.94 Å². The van der Waals surface area contributed by atoms with Crippen LogP contribution in [-0.2, 0) is 23.9 Å². The zero-order valence-electron chi connectivity index (χ0n) is 17.2. The number of hydrogen-bond donors (Lipinski definition) is 2. The fourth-order valence-electron chi connectivity index (χ4n) is 2.01. The predicted molar refractivity (Wildman–Crippen MR) is 115 cm³/mol. The summed E-state index contributed by atoms with van der Waals surface area (Å²) in [6, 6.07) is 0. The third-order valence-corrected chi connectivity index (χ3v) is 3.53. The van der Waals surface area contributed by atoms with Crippen molar-refractivity contribution in [2.45, 2.75) is 72.4 Å². The highest BCUT2D eigenvalue weighted by Crippen LogP contribution is 2.22. The van der Waals surface area contributed by atoms with Gasteiger partial charge in [0.2, 0.25) is 11.8 Å². The van der Waals surface area contributed by atoms with Gasteiger partial charge in [-0.3, -0.25) is 0 Å². The van der Waals surface area contributed by atoms with Crippen molar-refractivity contribution in [2.75, 3.05) is 6.54 Å². The largest absolute Gasteiger partial charge is 0.443 e. The summed E-state index contributed by atoms with van der Waals surface area (Å²) in [6.07, 6.45) is 1.77. The van der Waals surface area contributed by atoms with E-state index in [-0.39, 0.29) is 34.8 Å². The normalized spacial score (nSPS) is 12.6. The second-order valence-electron chi connectivity index (χ2n) is 8.18. The lowest BCUT2D eigenvalue weighted by Crippen LogP contribution is -2.36. The molecule has 27 heavy (non-hydrogen) atoms. The van der Waals surface area contributed by atoms with Crippen molar-refractivity contribution in [1.29, 1.82) is 0 Å². The Bertz CT molecular complexity index is 740. The smallest absolute Gasteiger partial charge is 0.232 e. The molecule has 0 spiro atoms. The van der Waals surface area contributed by atoms with E-state index >= 15 is 0 Å². The first-order valence-electron chi connectivity index (χ1n) is 8.90. The molecule has 0 aliphatic carbocycles. The lowest BCUT2D eigenvalue weighted by atomic mass is 9.94. The molecule has 0 aromatic carbocycles. The zero-order chi connectivity index (χ0) is 19.4. The Morgan fingerprint density at radius 3 is 2.33 bits per heavy atom. The Morgan fingerprint density at radius 2 is 1.81 bits per heavy atom. The van der Waals surface area contributed by atoms with E-state index < -0.39 is 0 Å². The molecule has 2 aromatic rings. The second-order valence-corrected chi connectivity index (χ2v) is 8.18. The summed E-state index contributed by atoms with van der Waals surface area (Å²) >= 11 is 0. The van der Waals surface area contributed by atoms with Gasteiger partial charge in [-0.25, -0.2) is 9.98 Å². The third kappa shape index (κ3) is 7.11. The quantitative estimate of drug-likeness (QED) is 0.376. The van der Waals surface area contributed by atoms with Gasteiger partial charge in [0.15, 0.2) is 11.8 Å². The summed E-state index contributed by atoms with van der Waals surface area (Å²) in [6.45, 7) is 15.9. The van der Waals surface area contributed by atoms with Crippen LogP contribution in [0.15, 0.2) is 20.1 Å². The minimum Gasteiger partial charge on any atom is -0.443 e. The van der Waals surface area contributed by atoms with E-state index in [1.54, 1.807) is 6.20 Å². The molecule has 0 saturated heterocycles. The molecule has 0 fully saturated rings. The highest BCUT2D eigenvalue weighted by atomic mass is 127. The van der Waals surface area contributed by atoms with Gasteiger partial charge in [0, 0.05) is 17.4 Å². The van der Waals surface area contributed by atoms with Crippen LogP contribution in [0.5, 0.6) is 0 Å². The summed E-state index contributed by atoms with van der Waals surface area (Å²) in [5.41, 5.74) is -0.235. The fraction of sp³-hybridized carbons (Fsp3) is 0.667. The molecule has 0 aliphatic heterocycles. The molecule has 2 rings (SSSR count). The zero-order valence-corrected chi connectivity index (χ0v) is 19.5. The van der Waals surface area contributed by atoms with Crippen molar-refractivity contribution in [3.05, 3.63) is 29.6 Å². The Kier molecular flexibility index (Phi) is 8.24. The monoisotopic (exact) mass is 490 g/mol. The topological polar surface area (TPSA) is 101 Å². The van der Waals surface area contributed by atoms with Crippen LogP contribution in [0.25, 0.3) is 0 Å². The molecular weight excluding hydrogens is 459 g/mol.